The summed E-state index contributed by atoms with van der Waals surface area (Å²) in [5, 5.41) is 22.7. The fraction of sp³-hybridized carbons (Fsp3) is 0. The highest BCUT2D eigenvalue weighted by Gasteiger charge is 2.12. The topological polar surface area (TPSA) is 89.9 Å². The van der Waals surface area contributed by atoms with E-state index in [1.54, 1.807) is 48.5 Å². The van der Waals surface area contributed by atoms with Crippen molar-refractivity contribution in [3.63, 3.8) is 0 Å². The minimum Gasteiger partial charge on any atom is -0.508 e. The van der Waals surface area contributed by atoms with Crippen molar-refractivity contribution in [3.8, 4) is 11.5 Å². The number of rotatable bonds is 2. The summed E-state index contributed by atoms with van der Waals surface area (Å²) in [6.45, 7) is 0. The van der Waals surface area contributed by atoms with Gasteiger partial charge in [-0.2, -0.15) is 0 Å². The molecule has 6 nitrogen and oxygen atoms in total. The highest BCUT2D eigenvalue weighted by Crippen LogP contribution is 2.20. The van der Waals surface area contributed by atoms with Crippen molar-refractivity contribution in [1.29, 1.82) is 0 Å². The van der Waals surface area contributed by atoms with Crippen molar-refractivity contribution in [2.45, 2.75) is 0 Å². The predicted octanol–water partition coefficient (Wildman–Crippen LogP) is 3.81. The van der Waals surface area contributed by atoms with E-state index in [0.29, 0.717) is 11.7 Å². The van der Waals surface area contributed by atoms with Gasteiger partial charge in [-0.25, -0.2) is 20.0 Å². The third-order valence-electron chi connectivity index (χ3n) is 5.44. The number of fused-ring (bicyclic) bond motifs is 2. The lowest BCUT2D eigenvalue weighted by Crippen LogP contribution is -2.00. The highest BCUT2D eigenvalue weighted by atomic mass is 16.3. The lowest BCUT2D eigenvalue weighted by Gasteiger charge is -1.97. The molecule has 0 saturated heterocycles. The molecule has 0 fully saturated rings. The number of phenolic OH excluding ortho intramolecular Hbond substituents is 2. The maximum atomic E-state index is 9.50. The fourth-order valence-electron chi connectivity index (χ4n) is 3.76. The van der Waals surface area contributed by atoms with Crippen LogP contribution in [0.15, 0.2) is 105 Å². The van der Waals surface area contributed by atoms with Gasteiger partial charge in [-0.1, -0.05) is 12.1 Å². The van der Waals surface area contributed by atoms with Gasteiger partial charge in [0.2, 0.25) is 0 Å². The number of hydrogen-bond donors (Lipinski definition) is 2. The third-order valence-corrected chi connectivity index (χ3v) is 5.44. The predicted molar refractivity (Wildman–Crippen MR) is 121 cm³/mol. The summed E-state index contributed by atoms with van der Waals surface area (Å²) in [7, 11) is 0. The zero-order chi connectivity index (χ0) is 21.7. The van der Waals surface area contributed by atoms with Crippen LogP contribution < -0.4 is 10.7 Å². The molecule has 0 saturated carbocycles. The molecule has 4 aromatic carbocycles. The van der Waals surface area contributed by atoms with Crippen LogP contribution in [-0.2, 0) is 0 Å². The molecular weight excluding hydrogens is 400 g/mol. The van der Waals surface area contributed by atoms with E-state index in [4.69, 9.17) is 0 Å². The molecule has 0 aromatic heterocycles. The van der Waals surface area contributed by atoms with E-state index in [-0.39, 0.29) is 11.5 Å². The van der Waals surface area contributed by atoms with E-state index < -0.39 is 0 Å². The molecule has 6 heteroatoms. The number of aliphatic imine (C=N–C) groups is 2. The third kappa shape index (κ3) is 3.15. The maximum absolute atomic E-state index is 9.50. The molecule has 0 radical (unpaired) electrons. The van der Waals surface area contributed by atoms with E-state index >= 15 is 0 Å². The largest absolute Gasteiger partial charge is 0.508 e. The van der Waals surface area contributed by atoms with Gasteiger partial charge in [0.05, 0.1) is 22.1 Å². The van der Waals surface area contributed by atoms with Crippen LogP contribution in [0.3, 0.4) is 0 Å². The summed E-state index contributed by atoms with van der Waals surface area (Å²) in [4.78, 5) is 18.6. The monoisotopic (exact) mass is 416 g/mol. The minimum atomic E-state index is 0.215. The summed E-state index contributed by atoms with van der Waals surface area (Å²) >= 11 is 0. The normalized spacial score (nSPS) is 14.6. The Labute approximate surface area is 182 Å². The van der Waals surface area contributed by atoms with Crippen LogP contribution >= 0.6 is 0 Å². The van der Waals surface area contributed by atoms with E-state index in [0.717, 1.165) is 43.7 Å². The van der Waals surface area contributed by atoms with Crippen molar-refractivity contribution < 1.29 is 10.2 Å². The number of phenols is 2. The quantitative estimate of drug-likeness (QED) is 0.520. The van der Waals surface area contributed by atoms with Gasteiger partial charge in [-0.15, -0.1) is 0 Å². The van der Waals surface area contributed by atoms with Crippen LogP contribution in [-0.4, -0.2) is 21.9 Å². The number of aromatic hydroxyl groups is 2. The second-order valence-corrected chi connectivity index (χ2v) is 7.60. The molecule has 32 heavy (non-hydrogen) atoms. The Morgan fingerprint density at radius 2 is 0.844 bits per heavy atom. The Kier molecular flexibility index (Phi) is 3.98. The minimum absolute atomic E-state index is 0.215. The lowest BCUT2D eigenvalue weighted by atomic mass is 10.2. The first-order valence-corrected chi connectivity index (χ1v) is 10.1. The molecule has 2 aliphatic heterocycles. The smallest absolute Gasteiger partial charge is 0.160 e. The molecule has 0 unspecified atom stereocenters. The molecule has 2 N–H and O–H groups in total. The van der Waals surface area contributed by atoms with Gasteiger partial charge >= 0.3 is 0 Å². The Balaban J connectivity index is 1.41. The Morgan fingerprint density at radius 1 is 0.438 bits per heavy atom. The molecule has 0 spiro atoms. The van der Waals surface area contributed by atoms with Crippen molar-refractivity contribution in [1.82, 2.24) is 0 Å². The van der Waals surface area contributed by atoms with Gasteiger partial charge in [-0.05, 0) is 83.2 Å². The van der Waals surface area contributed by atoms with Gasteiger partial charge < -0.3 is 10.2 Å². The van der Waals surface area contributed by atoms with Crippen LogP contribution in [0.4, 0.5) is 11.4 Å². The molecule has 6 rings (SSSR count). The van der Waals surface area contributed by atoms with E-state index in [9.17, 15) is 10.2 Å². The average molecular weight is 416 g/mol. The summed E-state index contributed by atoms with van der Waals surface area (Å²) in [6.07, 6.45) is 0. The van der Waals surface area contributed by atoms with Crippen molar-refractivity contribution >= 4 is 23.0 Å². The van der Waals surface area contributed by atoms with E-state index in [1.165, 1.54) is 0 Å². The SMILES string of the molecule is Oc1ccc(C2=Nc3cc(=c4ccc5c(c4)N=C(c4ccc(O)cc4)N=5)ccc3=N2)cc1. The first-order chi connectivity index (χ1) is 15.6. The van der Waals surface area contributed by atoms with Gasteiger partial charge in [0.1, 0.15) is 11.5 Å². The number of amidine groups is 2. The Hall–Kier alpha value is -4.58. The molecule has 152 valence electrons. The van der Waals surface area contributed by atoms with Crippen LogP contribution in [0, 0.1) is 10.4 Å². The van der Waals surface area contributed by atoms with Crippen LogP contribution in [0.25, 0.3) is 0 Å². The molecule has 4 aromatic rings. The van der Waals surface area contributed by atoms with Gasteiger partial charge in [0, 0.05) is 11.1 Å². The summed E-state index contributed by atoms with van der Waals surface area (Å²) in [5.41, 5.74) is 3.33. The van der Waals surface area contributed by atoms with Gasteiger partial charge in [0.25, 0.3) is 0 Å². The van der Waals surface area contributed by atoms with Crippen LogP contribution in [0.2, 0.25) is 0 Å². The summed E-state index contributed by atoms with van der Waals surface area (Å²) in [6, 6.07) is 25.7. The zero-order valence-electron chi connectivity index (χ0n) is 16.8. The standard InChI is InChI=1S/C26H16N4O2/c31-19-7-1-15(2-8-19)25-27-21-11-5-17(13-23(21)29-25)18-6-12-22-24(14-18)30-26(28-22)16-3-9-20(32)10-4-16/h1-14,31-32H. The molecule has 0 aliphatic carbocycles. The van der Waals surface area contributed by atoms with Crippen molar-refractivity contribution in [2.75, 3.05) is 0 Å². The zero-order valence-corrected chi connectivity index (χ0v) is 16.8. The fourth-order valence-corrected chi connectivity index (χ4v) is 3.76. The molecule has 0 atom stereocenters. The lowest BCUT2D eigenvalue weighted by molar-refractivity contribution is 0.474. The molecule has 0 amide bonds. The Bertz CT molecular complexity index is 1540. The first-order valence-electron chi connectivity index (χ1n) is 10.1. The molecular formula is C26H16N4O2. The average Bonchev–Trinajstić information content (AvgIpc) is 3.43. The van der Waals surface area contributed by atoms with E-state index in [2.05, 4.69) is 20.0 Å². The summed E-state index contributed by atoms with van der Waals surface area (Å²) < 4.78 is 0. The van der Waals surface area contributed by atoms with E-state index in [1.807, 2.05) is 36.4 Å². The maximum Gasteiger partial charge on any atom is 0.160 e. The van der Waals surface area contributed by atoms with Gasteiger partial charge in [0.15, 0.2) is 11.7 Å². The second kappa shape index (κ2) is 6.99. The Morgan fingerprint density at radius 3 is 1.25 bits per heavy atom. The number of benzene rings is 4. The summed E-state index contributed by atoms with van der Waals surface area (Å²) in [5.74, 6) is 1.69. The molecule has 2 heterocycles. The molecule has 2 aliphatic rings. The van der Waals surface area contributed by atoms with Gasteiger partial charge in [-0.3, -0.25) is 0 Å². The number of hydrogen-bond acceptors (Lipinski definition) is 6. The van der Waals surface area contributed by atoms with Crippen molar-refractivity contribution in [3.05, 3.63) is 117 Å². The highest BCUT2D eigenvalue weighted by molar-refractivity contribution is 6.03. The first kappa shape index (κ1) is 18.2. The second-order valence-electron chi connectivity index (χ2n) is 7.60. The van der Waals surface area contributed by atoms with Crippen LogP contribution in [0.1, 0.15) is 11.1 Å². The molecule has 0 bridgehead atoms. The van der Waals surface area contributed by atoms with Crippen LogP contribution in [0.5, 0.6) is 11.5 Å². The van der Waals surface area contributed by atoms with Crippen molar-refractivity contribution in [2.24, 2.45) is 20.0 Å². The number of nitrogens with zero attached hydrogens (tertiary/aromatic N) is 4.